The summed E-state index contributed by atoms with van der Waals surface area (Å²) in [6, 6.07) is 8.85. The average molecular weight is 450 g/mol. The molecule has 2 amide bonds. The lowest BCUT2D eigenvalue weighted by Crippen LogP contribution is -2.36. The fraction of sp³-hybridized carbons (Fsp3) is 0.417. The summed E-state index contributed by atoms with van der Waals surface area (Å²) >= 11 is 0. The van der Waals surface area contributed by atoms with Gasteiger partial charge < -0.3 is 24.6 Å². The normalized spacial score (nSPS) is 16.7. The Kier molecular flexibility index (Phi) is 5.85. The first-order valence-corrected chi connectivity index (χ1v) is 11.4. The predicted molar refractivity (Wildman–Crippen MR) is 122 cm³/mol. The van der Waals surface area contributed by atoms with Crippen LogP contribution < -0.4 is 5.32 Å². The van der Waals surface area contributed by atoms with Crippen LogP contribution in [0.1, 0.15) is 42.3 Å². The summed E-state index contributed by atoms with van der Waals surface area (Å²) in [6.07, 6.45) is 5.12. The molecule has 0 bridgehead atoms. The lowest BCUT2D eigenvalue weighted by atomic mass is 10.1. The number of carboxylic acids is 1. The molecule has 1 saturated heterocycles. The molecule has 0 radical (unpaired) electrons. The van der Waals surface area contributed by atoms with Crippen molar-refractivity contribution in [2.24, 2.45) is 0 Å². The molecule has 3 aromatic rings. The van der Waals surface area contributed by atoms with Crippen LogP contribution in [0.4, 0.5) is 10.6 Å². The number of urea groups is 1. The largest absolute Gasteiger partial charge is 0.481 e. The van der Waals surface area contributed by atoms with Gasteiger partial charge in [0.2, 0.25) is 5.71 Å². The second kappa shape index (κ2) is 9.09. The van der Waals surface area contributed by atoms with Gasteiger partial charge in [-0.2, -0.15) is 0 Å². The summed E-state index contributed by atoms with van der Waals surface area (Å²) in [5.74, 6) is 0.0133. The van der Waals surface area contributed by atoms with Crippen molar-refractivity contribution in [1.82, 2.24) is 19.8 Å². The number of carbonyl (C=O) groups excluding carboxylic acids is 1. The lowest BCUT2D eigenvalue weighted by molar-refractivity contribution is -0.138. The third kappa shape index (κ3) is 4.48. The number of hydrogen-bond donors (Lipinski definition) is 2. The van der Waals surface area contributed by atoms with Crippen LogP contribution in [0.25, 0.3) is 11.1 Å². The zero-order valence-electron chi connectivity index (χ0n) is 18.4. The van der Waals surface area contributed by atoms with Crippen molar-refractivity contribution >= 4 is 28.9 Å². The third-order valence-corrected chi connectivity index (χ3v) is 6.36. The summed E-state index contributed by atoms with van der Waals surface area (Å²) in [6.45, 7) is 2.60. The number of nitrogens with one attached hydrogen (secondary N) is 1. The molecule has 2 N–H and O–H groups in total. The van der Waals surface area contributed by atoms with Crippen molar-refractivity contribution in [3.8, 4) is 0 Å². The van der Waals surface area contributed by atoms with Gasteiger partial charge in [-0.3, -0.25) is 4.79 Å². The fourth-order valence-electron chi connectivity index (χ4n) is 4.64. The molecule has 0 aromatic carbocycles. The minimum absolute atomic E-state index is 0.150. The summed E-state index contributed by atoms with van der Waals surface area (Å²) < 4.78 is 5.37. The van der Waals surface area contributed by atoms with Gasteiger partial charge in [-0.1, -0.05) is 6.07 Å². The predicted octanol–water partition coefficient (Wildman–Crippen LogP) is 3.47. The van der Waals surface area contributed by atoms with E-state index in [4.69, 9.17) is 9.40 Å². The number of carbonyl (C=O) groups is 2. The van der Waals surface area contributed by atoms with E-state index in [1.54, 1.807) is 28.2 Å². The maximum Gasteiger partial charge on any atom is 0.320 e. The summed E-state index contributed by atoms with van der Waals surface area (Å²) in [7, 11) is 0. The van der Waals surface area contributed by atoms with Crippen molar-refractivity contribution in [3.05, 3.63) is 53.5 Å². The van der Waals surface area contributed by atoms with Crippen LogP contribution in [0.5, 0.6) is 0 Å². The molecule has 9 heteroatoms. The van der Waals surface area contributed by atoms with Gasteiger partial charge >= 0.3 is 12.0 Å². The van der Waals surface area contributed by atoms with Crippen LogP contribution in [0.15, 0.2) is 41.0 Å². The van der Waals surface area contributed by atoms with Gasteiger partial charge in [-0.15, -0.1) is 0 Å². The van der Waals surface area contributed by atoms with E-state index < -0.39 is 12.0 Å². The average Bonchev–Trinajstić information content (AvgIpc) is 3.43. The van der Waals surface area contributed by atoms with Crippen LogP contribution in [0.3, 0.4) is 0 Å². The second-order valence-electron chi connectivity index (χ2n) is 8.57. The van der Waals surface area contributed by atoms with E-state index in [9.17, 15) is 14.7 Å². The minimum atomic E-state index is -0.973. The van der Waals surface area contributed by atoms with Gasteiger partial charge in [0.1, 0.15) is 5.82 Å². The zero-order valence-corrected chi connectivity index (χ0v) is 18.4. The van der Waals surface area contributed by atoms with Crippen LogP contribution in [0, 0.1) is 0 Å². The number of aryl methyl sites for hydroxylation is 2. The highest BCUT2D eigenvalue weighted by molar-refractivity contribution is 5.79. The standard InChI is InChI=1S/C24H27N5O4/c30-21(31)15-20(19-8-6-17-9-14-33-23(17)27-19)29-13-12-28(24(29)32)11-2-4-18-7-5-16-3-1-10-25-22(16)26-18/h5-9,14,20H,1-4,10-13,15H2,(H,25,26)(H,30,31)/t20-/m1/s1. The first kappa shape index (κ1) is 21.2. The summed E-state index contributed by atoms with van der Waals surface area (Å²) in [4.78, 5) is 37.3. The molecule has 5 rings (SSSR count). The molecule has 1 atom stereocenters. The Morgan fingerprint density at radius 2 is 2.09 bits per heavy atom. The molecule has 33 heavy (non-hydrogen) atoms. The molecule has 2 aliphatic rings. The van der Waals surface area contributed by atoms with E-state index in [-0.39, 0.29) is 12.5 Å². The number of fused-ring (bicyclic) bond motifs is 2. The number of furan rings is 1. The van der Waals surface area contributed by atoms with Gasteiger partial charge in [0.15, 0.2) is 0 Å². The number of aromatic nitrogens is 2. The van der Waals surface area contributed by atoms with Crippen molar-refractivity contribution in [2.45, 2.75) is 38.1 Å². The molecule has 0 aliphatic carbocycles. The van der Waals surface area contributed by atoms with Crippen LogP contribution in [-0.2, 0) is 17.6 Å². The van der Waals surface area contributed by atoms with E-state index in [1.807, 2.05) is 6.07 Å². The Balaban J connectivity index is 1.23. The molecule has 0 unspecified atom stereocenters. The number of pyridine rings is 2. The van der Waals surface area contributed by atoms with E-state index in [0.717, 1.165) is 49.1 Å². The Labute approximate surface area is 191 Å². The van der Waals surface area contributed by atoms with Gasteiger partial charge in [-0.25, -0.2) is 14.8 Å². The maximum absolute atomic E-state index is 13.1. The molecule has 3 aromatic heterocycles. The first-order valence-electron chi connectivity index (χ1n) is 11.4. The quantitative estimate of drug-likeness (QED) is 0.542. The van der Waals surface area contributed by atoms with Crippen LogP contribution in [0.2, 0.25) is 0 Å². The number of amides is 2. The fourth-order valence-corrected chi connectivity index (χ4v) is 4.64. The van der Waals surface area contributed by atoms with Crippen molar-refractivity contribution in [3.63, 3.8) is 0 Å². The maximum atomic E-state index is 13.1. The number of anilines is 1. The number of carboxylic acid groups (broad SMARTS) is 1. The van der Waals surface area contributed by atoms with Crippen molar-refractivity contribution in [1.29, 1.82) is 0 Å². The van der Waals surface area contributed by atoms with Crippen molar-refractivity contribution < 1.29 is 19.1 Å². The first-order chi connectivity index (χ1) is 16.1. The number of hydrogen-bond acceptors (Lipinski definition) is 6. The number of nitrogens with zero attached hydrogens (tertiary/aromatic N) is 4. The highest BCUT2D eigenvalue weighted by Crippen LogP contribution is 2.29. The van der Waals surface area contributed by atoms with Gasteiger partial charge in [0.25, 0.3) is 0 Å². The monoisotopic (exact) mass is 449 g/mol. The SMILES string of the molecule is O=C(O)C[C@H](c1ccc2ccoc2n1)N1CCN(CCCc2ccc3c(n2)NCCC3)C1=O. The molecular weight excluding hydrogens is 422 g/mol. The van der Waals surface area contributed by atoms with Crippen molar-refractivity contribution in [2.75, 3.05) is 31.5 Å². The van der Waals surface area contributed by atoms with E-state index >= 15 is 0 Å². The zero-order chi connectivity index (χ0) is 22.8. The molecular formula is C24H27N5O4. The topological polar surface area (TPSA) is 112 Å². The van der Waals surface area contributed by atoms with Gasteiger partial charge in [-0.05, 0) is 55.5 Å². The van der Waals surface area contributed by atoms with E-state index in [0.29, 0.717) is 31.0 Å². The lowest BCUT2D eigenvalue weighted by Gasteiger charge is -2.26. The highest BCUT2D eigenvalue weighted by Gasteiger charge is 2.36. The smallest absolute Gasteiger partial charge is 0.320 e. The second-order valence-corrected chi connectivity index (χ2v) is 8.57. The summed E-state index contributed by atoms with van der Waals surface area (Å²) in [5.41, 5.74) is 3.26. The van der Waals surface area contributed by atoms with E-state index in [1.165, 1.54) is 5.56 Å². The molecule has 1 fully saturated rings. The van der Waals surface area contributed by atoms with Gasteiger partial charge in [0, 0.05) is 37.3 Å². The molecule has 172 valence electrons. The molecule has 9 nitrogen and oxygen atoms in total. The van der Waals surface area contributed by atoms with E-state index in [2.05, 4.69) is 22.4 Å². The molecule has 2 aliphatic heterocycles. The highest BCUT2D eigenvalue weighted by atomic mass is 16.4. The Hall–Kier alpha value is -3.62. The molecule has 5 heterocycles. The van der Waals surface area contributed by atoms with Crippen LogP contribution >= 0.6 is 0 Å². The van der Waals surface area contributed by atoms with Crippen LogP contribution in [-0.4, -0.2) is 63.1 Å². The van der Waals surface area contributed by atoms with Gasteiger partial charge in [0.05, 0.1) is 24.4 Å². The summed E-state index contributed by atoms with van der Waals surface area (Å²) in [5, 5.41) is 13.7. The Morgan fingerprint density at radius 1 is 1.18 bits per heavy atom. The minimum Gasteiger partial charge on any atom is -0.481 e. The third-order valence-electron chi connectivity index (χ3n) is 6.36. The Morgan fingerprint density at radius 3 is 2.97 bits per heavy atom. The number of aliphatic carboxylic acids is 1. The Bertz CT molecular complexity index is 1180. The number of rotatable bonds is 8. The molecule has 0 saturated carbocycles. The molecule has 0 spiro atoms.